The Morgan fingerprint density at radius 1 is 0.826 bits per heavy atom. The largest absolute Gasteiger partial charge is 0.457 e. The van der Waals surface area contributed by atoms with Gasteiger partial charge in [-0.3, -0.25) is 0 Å². The van der Waals surface area contributed by atoms with Crippen LogP contribution in [-0.4, -0.2) is 17.8 Å². The van der Waals surface area contributed by atoms with Gasteiger partial charge in [0.2, 0.25) is 0 Å². The summed E-state index contributed by atoms with van der Waals surface area (Å²) in [5, 5.41) is 10.8. The highest BCUT2D eigenvalue weighted by atomic mass is 16.5. The monoisotopic (exact) mass is 314 g/mol. The van der Waals surface area contributed by atoms with Crippen LogP contribution in [0.4, 0.5) is 0 Å². The Morgan fingerprint density at radius 3 is 1.87 bits per heavy atom. The molecule has 2 aromatic carbocycles. The summed E-state index contributed by atoms with van der Waals surface area (Å²) in [6.07, 6.45) is -0.636. The molecule has 0 spiro atoms. The molecule has 0 fully saturated rings. The Labute approximate surface area is 138 Å². The fourth-order valence-corrected chi connectivity index (χ4v) is 2.35. The number of ether oxygens (including phenoxy) is 2. The van der Waals surface area contributed by atoms with E-state index >= 15 is 0 Å². The van der Waals surface area contributed by atoms with Gasteiger partial charge in [0.25, 0.3) is 0 Å². The normalized spacial score (nSPS) is 13.7. The lowest BCUT2D eigenvalue weighted by atomic mass is 9.70. The van der Waals surface area contributed by atoms with E-state index in [0.29, 0.717) is 0 Å². The van der Waals surface area contributed by atoms with E-state index in [-0.39, 0.29) is 0 Å². The molecule has 23 heavy (non-hydrogen) atoms. The Kier molecular flexibility index (Phi) is 5.12. The Balaban J connectivity index is 2.16. The van der Waals surface area contributed by atoms with Gasteiger partial charge in [-0.15, -0.1) is 0 Å². The minimum Gasteiger partial charge on any atom is -0.457 e. The highest BCUT2D eigenvalue weighted by Crippen LogP contribution is 2.44. The fraction of sp³-hybridized carbons (Fsp3) is 0.400. The lowest BCUT2D eigenvalue weighted by Gasteiger charge is -2.43. The maximum absolute atomic E-state index is 10.8. The molecule has 0 aromatic heterocycles. The van der Waals surface area contributed by atoms with E-state index < -0.39 is 17.1 Å². The summed E-state index contributed by atoms with van der Waals surface area (Å²) >= 11 is 0. The summed E-state index contributed by atoms with van der Waals surface area (Å²) in [7, 11) is 1.67. The molecule has 0 heterocycles. The number of methoxy groups -OCH3 is 1. The number of para-hydroxylation sites is 1. The van der Waals surface area contributed by atoms with Crippen LogP contribution in [0.5, 0.6) is 11.5 Å². The maximum Gasteiger partial charge on any atom is 0.127 e. The quantitative estimate of drug-likeness (QED) is 0.818. The van der Waals surface area contributed by atoms with E-state index in [1.807, 2.05) is 82.3 Å². The second-order valence-corrected chi connectivity index (χ2v) is 6.82. The first-order valence-electron chi connectivity index (χ1n) is 7.84. The first-order chi connectivity index (χ1) is 10.8. The molecule has 2 aromatic rings. The second kappa shape index (κ2) is 6.73. The van der Waals surface area contributed by atoms with Crippen molar-refractivity contribution >= 4 is 0 Å². The van der Waals surface area contributed by atoms with Crippen LogP contribution in [0, 0.1) is 5.41 Å². The second-order valence-electron chi connectivity index (χ2n) is 6.82. The molecule has 3 nitrogen and oxygen atoms in total. The number of hydrogen-bond acceptors (Lipinski definition) is 3. The van der Waals surface area contributed by atoms with Crippen LogP contribution in [-0.2, 0) is 4.74 Å². The topological polar surface area (TPSA) is 38.7 Å². The van der Waals surface area contributed by atoms with Crippen molar-refractivity contribution in [1.82, 2.24) is 0 Å². The van der Waals surface area contributed by atoms with Crippen molar-refractivity contribution in [1.29, 1.82) is 0 Å². The Bertz CT molecular complexity index is 615. The number of benzene rings is 2. The predicted octanol–water partition coefficient (Wildman–Crippen LogP) is 4.96. The maximum atomic E-state index is 10.8. The molecule has 0 saturated heterocycles. The van der Waals surface area contributed by atoms with Gasteiger partial charge in [-0.2, -0.15) is 0 Å². The standard InChI is InChI=1S/C20H26O3/c1-19(2,20(3,4)22-5)18(21)15-11-13-17(14-12-15)23-16-9-7-6-8-10-16/h6-14,18,21H,1-5H3. The van der Waals surface area contributed by atoms with Crippen molar-refractivity contribution in [2.24, 2.45) is 5.41 Å². The predicted molar refractivity (Wildman–Crippen MR) is 92.8 cm³/mol. The summed E-state index contributed by atoms with van der Waals surface area (Å²) in [4.78, 5) is 0. The van der Waals surface area contributed by atoms with Crippen LogP contribution >= 0.6 is 0 Å². The SMILES string of the molecule is COC(C)(C)C(C)(C)C(O)c1ccc(Oc2ccccc2)cc1. The molecule has 1 unspecified atom stereocenters. The van der Waals surface area contributed by atoms with Crippen LogP contribution in [0.25, 0.3) is 0 Å². The van der Waals surface area contributed by atoms with Gasteiger partial charge in [0, 0.05) is 12.5 Å². The third-order valence-corrected chi connectivity index (χ3v) is 4.92. The summed E-state index contributed by atoms with van der Waals surface area (Å²) in [5.41, 5.74) is -0.0460. The molecule has 2 rings (SSSR count). The molecular weight excluding hydrogens is 288 g/mol. The number of aliphatic hydroxyl groups is 1. The molecular formula is C20H26O3. The smallest absolute Gasteiger partial charge is 0.127 e. The summed E-state index contributed by atoms with van der Waals surface area (Å²) in [6, 6.07) is 17.2. The van der Waals surface area contributed by atoms with Crippen LogP contribution in [0.15, 0.2) is 54.6 Å². The van der Waals surface area contributed by atoms with Crippen molar-refractivity contribution in [3.8, 4) is 11.5 Å². The minimum absolute atomic E-state index is 0.441. The molecule has 1 atom stereocenters. The van der Waals surface area contributed by atoms with Gasteiger partial charge in [-0.1, -0.05) is 44.2 Å². The molecule has 0 aliphatic carbocycles. The summed E-state index contributed by atoms with van der Waals surface area (Å²) in [5.74, 6) is 1.54. The number of hydrogen-bond donors (Lipinski definition) is 1. The number of rotatable bonds is 6. The van der Waals surface area contributed by atoms with Crippen LogP contribution in [0.2, 0.25) is 0 Å². The van der Waals surface area contributed by atoms with E-state index in [1.165, 1.54) is 0 Å². The average molecular weight is 314 g/mol. The van der Waals surface area contributed by atoms with Crippen LogP contribution < -0.4 is 4.74 Å². The van der Waals surface area contributed by atoms with Gasteiger partial charge >= 0.3 is 0 Å². The van der Waals surface area contributed by atoms with Crippen molar-refractivity contribution in [2.75, 3.05) is 7.11 Å². The van der Waals surface area contributed by atoms with Gasteiger partial charge in [-0.25, -0.2) is 0 Å². The zero-order valence-corrected chi connectivity index (χ0v) is 14.5. The van der Waals surface area contributed by atoms with E-state index in [4.69, 9.17) is 9.47 Å². The van der Waals surface area contributed by atoms with Gasteiger partial charge in [0.05, 0.1) is 11.7 Å². The lowest BCUT2D eigenvalue weighted by molar-refractivity contribution is -0.127. The molecule has 0 amide bonds. The number of aliphatic hydroxyl groups excluding tert-OH is 1. The Morgan fingerprint density at radius 2 is 1.35 bits per heavy atom. The van der Waals surface area contributed by atoms with E-state index in [1.54, 1.807) is 7.11 Å². The van der Waals surface area contributed by atoms with Gasteiger partial charge in [0.1, 0.15) is 11.5 Å². The highest BCUT2D eigenvalue weighted by Gasteiger charge is 2.43. The first kappa shape index (κ1) is 17.5. The van der Waals surface area contributed by atoms with Crippen molar-refractivity contribution in [3.63, 3.8) is 0 Å². The van der Waals surface area contributed by atoms with Crippen LogP contribution in [0.1, 0.15) is 39.4 Å². The van der Waals surface area contributed by atoms with Crippen LogP contribution in [0.3, 0.4) is 0 Å². The van der Waals surface area contributed by atoms with Gasteiger partial charge in [-0.05, 0) is 43.7 Å². The minimum atomic E-state index is -0.636. The van der Waals surface area contributed by atoms with E-state index in [0.717, 1.165) is 17.1 Å². The molecule has 0 aliphatic heterocycles. The average Bonchev–Trinajstić information content (AvgIpc) is 2.55. The fourth-order valence-electron chi connectivity index (χ4n) is 2.35. The highest BCUT2D eigenvalue weighted by molar-refractivity contribution is 5.34. The molecule has 0 radical (unpaired) electrons. The van der Waals surface area contributed by atoms with Gasteiger partial charge < -0.3 is 14.6 Å². The van der Waals surface area contributed by atoms with E-state index in [9.17, 15) is 5.11 Å². The van der Waals surface area contributed by atoms with E-state index in [2.05, 4.69) is 0 Å². The molecule has 0 saturated carbocycles. The van der Waals surface area contributed by atoms with Crippen molar-refractivity contribution in [3.05, 3.63) is 60.2 Å². The molecule has 0 aliphatic rings. The summed E-state index contributed by atoms with van der Waals surface area (Å²) < 4.78 is 11.3. The lowest BCUT2D eigenvalue weighted by Crippen LogP contribution is -2.45. The molecule has 0 bridgehead atoms. The molecule has 3 heteroatoms. The zero-order valence-electron chi connectivity index (χ0n) is 14.5. The van der Waals surface area contributed by atoms with Crippen molar-refractivity contribution < 1.29 is 14.6 Å². The summed E-state index contributed by atoms with van der Waals surface area (Å²) in [6.45, 7) is 8.00. The van der Waals surface area contributed by atoms with Gasteiger partial charge in [0.15, 0.2) is 0 Å². The first-order valence-corrected chi connectivity index (χ1v) is 7.84. The zero-order chi connectivity index (χ0) is 17.1. The molecule has 124 valence electrons. The third kappa shape index (κ3) is 3.74. The molecule has 1 N–H and O–H groups in total. The Hall–Kier alpha value is -1.84. The van der Waals surface area contributed by atoms with Crippen molar-refractivity contribution in [2.45, 2.75) is 39.4 Å². The third-order valence-electron chi connectivity index (χ3n) is 4.92.